The van der Waals surface area contributed by atoms with Crippen molar-refractivity contribution in [2.24, 2.45) is 0 Å². The van der Waals surface area contributed by atoms with Crippen LogP contribution in [0.1, 0.15) is 43.6 Å². The van der Waals surface area contributed by atoms with Crippen molar-refractivity contribution in [1.29, 1.82) is 0 Å². The quantitative estimate of drug-likeness (QED) is 0.192. The molecule has 38 heavy (non-hydrogen) atoms. The average molecular weight is 680 g/mol. The molecule has 0 spiro atoms. The molecule has 1 saturated carbocycles. The topological polar surface area (TPSA) is 60.2 Å². The number of ether oxygens (including phenoxy) is 1. The Morgan fingerprint density at radius 3 is 2.47 bits per heavy atom. The van der Waals surface area contributed by atoms with Crippen molar-refractivity contribution in [2.75, 3.05) is 0 Å². The fourth-order valence-electron chi connectivity index (χ4n) is 5.80. The maximum absolute atomic E-state index is 10.6. The molecule has 3 aromatic carbocycles. The minimum atomic E-state index is 0. The molecule has 5 nitrogen and oxygen atoms in total. The number of fused-ring (bicyclic) bond motifs is 4. The van der Waals surface area contributed by atoms with Gasteiger partial charge in [0, 0.05) is 50.0 Å². The Hall–Kier alpha value is -3.69. The first-order chi connectivity index (χ1) is 18.3. The van der Waals surface area contributed by atoms with Crippen molar-refractivity contribution in [3.05, 3.63) is 96.7 Å². The average Bonchev–Trinajstić information content (AvgIpc) is 3.28. The molecule has 0 aliphatic heterocycles. The number of rotatable bonds is 4. The van der Waals surface area contributed by atoms with Crippen LogP contribution >= 0.6 is 0 Å². The molecule has 1 aliphatic carbocycles. The number of nitrogens with zero attached hydrogens (tertiary/aromatic N) is 3. The predicted octanol–water partition coefficient (Wildman–Crippen LogP) is 8.07. The van der Waals surface area contributed by atoms with Gasteiger partial charge in [-0.05, 0) is 60.0 Å². The van der Waals surface area contributed by atoms with Crippen molar-refractivity contribution in [1.82, 2.24) is 14.5 Å². The Labute approximate surface area is 235 Å². The molecular weight excluding hydrogens is 653 g/mol. The van der Waals surface area contributed by atoms with E-state index in [9.17, 15) is 5.11 Å². The number of pyridine rings is 2. The summed E-state index contributed by atoms with van der Waals surface area (Å²) in [6.45, 7) is 0. The number of para-hydroxylation sites is 1. The second-order valence-corrected chi connectivity index (χ2v) is 9.78. The van der Waals surface area contributed by atoms with Crippen LogP contribution in [0.2, 0.25) is 0 Å². The van der Waals surface area contributed by atoms with Crippen LogP contribution in [0.15, 0.2) is 85.1 Å². The van der Waals surface area contributed by atoms with Gasteiger partial charge >= 0.3 is 0 Å². The zero-order valence-corrected chi connectivity index (χ0v) is 23.0. The number of phenols is 1. The van der Waals surface area contributed by atoms with Crippen LogP contribution in [0.25, 0.3) is 38.5 Å². The molecular formula is C32H26N3O2Pt-. The number of aromatic nitrogens is 3. The van der Waals surface area contributed by atoms with E-state index in [0.717, 1.165) is 33.0 Å². The summed E-state index contributed by atoms with van der Waals surface area (Å²) in [7, 11) is 0. The number of hydrogen-bond donors (Lipinski definition) is 1. The van der Waals surface area contributed by atoms with Gasteiger partial charge in [-0.2, -0.15) is 6.07 Å². The molecule has 3 heterocycles. The number of benzene rings is 3. The van der Waals surface area contributed by atoms with Crippen LogP contribution < -0.4 is 4.74 Å². The minimum Gasteiger partial charge on any atom is -0.506 e. The molecule has 192 valence electrons. The molecule has 3 aromatic heterocycles. The van der Waals surface area contributed by atoms with Gasteiger partial charge in [0.15, 0.2) is 0 Å². The Morgan fingerprint density at radius 2 is 1.63 bits per heavy atom. The summed E-state index contributed by atoms with van der Waals surface area (Å²) < 4.78 is 8.32. The second-order valence-electron chi connectivity index (χ2n) is 9.78. The van der Waals surface area contributed by atoms with Gasteiger partial charge in [-0.25, -0.2) is 9.97 Å². The van der Waals surface area contributed by atoms with Gasteiger partial charge < -0.3 is 14.4 Å². The molecule has 1 aliphatic rings. The van der Waals surface area contributed by atoms with E-state index >= 15 is 0 Å². The standard InChI is InChI=1S/C32H26N3O2.Pt/c36-29-17-15-23(21-8-2-1-3-9-21)26-16-18-31(34-32(26)29)37-22-13-14-25-24-10-4-5-11-27(24)35(28(25)20-22)30-12-6-7-19-33-30;/h4-7,10-19,21,36H,1-3,8-9H2;/q-1;. The van der Waals surface area contributed by atoms with Crippen LogP contribution in [0.4, 0.5) is 0 Å². The number of hydrogen-bond acceptors (Lipinski definition) is 4. The SMILES string of the molecule is Oc1ccc(C2CCCCC2)c2ccc(Oc3[c-]c4c(cc3)c3ccccc3n4-c3ccccn3)nc12.[Pt]. The molecule has 1 N–H and O–H groups in total. The van der Waals surface area contributed by atoms with E-state index in [1.54, 1.807) is 12.3 Å². The summed E-state index contributed by atoms with van der Waals surface area (Å²) in [5, 5.41) is 13.9. The maximum Gasteiger partial charge on any atom is 0.217 e. The molecule has 0 radical (unpaired) electrons. The third-order valence-corrected chi connectivity index (χ3v) is 7.54. The molecule has 7 rings (SSSR count). The molecule has 1 fully saturated rings. The minimum absolute atomic E-state index is 0. The Kier molecular flexibility index (Phi) is 6.63. The third kappa shape index (κ3) is 4.25. The fourth-order valence-corrected chi connectivity index (χ4v) is 5.80. The fraction of sp³-hybridized carbons (Fsp3) is 0.188. The summed E-state index contributed by atoms with van der Waals surface area (Å²) in [5.41, 5.74) is 3.82. The zero-order valence-electron chi connectivity index (χ0n) is 20.7. The maximum atomic E-state index is 10.6. The first-order valence-electron chi connectivity index (χ1n) is 12.9. The summed E-state index contributed by atoms with van der Waals surface area (Å²) in [5.74, 6) is 2.51. The Morgan fingerprint density at radius 1 is 0.816 bits per heavy atom. The van der Waals surface area contributed by atoms with Crippen LogP contribution in [-0.2, 0) is 21.1 Å². The van der Waals surface area contributed by atoms with Crippen LogP contribution in [-0.4, -0.2) is 19.6 Å². The van der Waals surface area contributed by atoms with Crippen LogP contribution in [0.3, 0.4) is 0 Å². The van der Waals surface area contributed by atoms with Crippen molar-refractivity contribution in [3.63, 3.8) is 0 Å². The van der Waals surface area contributed by atoms with Gasteiger partial charge in [0.1, 0.15) is 17.1 Å². The van der Waals surface area contributed by atoms with Crippen molar-refractivity contribution >= 4 is 32.7 Å². The molecule has 0 atom stereocenters. The largest absolute Gasteiger partial charge is 0.506 e. The number of phenolic OH excluding ortho intramolecular Hbond substituents is 1. The van der Waals surface area contributed by atoms with Crippen molar-refractivity contribution < 1.29 is 30.9 Å². The van der Waals surface area contributed by atoms with E-state index in [1.807, 2.05) is 48.5 Å². The molecule has 0 unspecified atom stereocenters. The van der Waals surface area contributed by atoms with Crippen molar-refractivity contribution in [3.8, 4) is 23.2 Å². The first-order valence-corrected chi connectivity index (χ1v) is 12.9. The summed E-state index contributed by atoms with van der Waals surface area (Å²) in [6, 6.07) is 29.4. The van der Waals surface area contributed by atoms with E-state index < -0.39 is 0 Å². The molecule has 0 amide bonds. The first kappa shape index (κ1) is 24.6. The van der Waals surface area contributed by atoms with Gasteiger partial charge in [-0.3, -0.25) is 0 Å². The van der Waals surface area contributed by atoms with Crippen LogP contribution in [0, 0.1) is 6.07 Å². The number of aromatic hydroxyl groups is 1. The molecule has 6 aromatic rings. The Bertz CT molecular complexity index is 1760. The second kappa shape index (κ2) is 10.2. The third-order valence-electron chi connectivity index (χ3n) is 7.54. The summed E-state index contributed by atoms with van der Waals surface area (Å²) >= 11 is 0. The van der Waals surface area contributed by atoms with Crippen molar-refractivity contribution in [2.45, 2.75) is 38.0 Å². The van der Waals surface area contributed by atoms with E-state index in [1.165, 1.54) is 37.7 Å². The van der Waals surface area contributed by atoms with Gasteiger partial charge in [0.05, 0.1) is 0 Å². The van der Waals surface area contributed by atoms with Gasteiger partial charge in [-0.15, -0.1) is 17.5 Å². The Balaban J connectivity index is 0.00000264. The van der Waals surface area contributed by atoms with E-state index in [0.29, 0.717) is 23.1 Å². The molecule has 0 saturated heterocycles. The summed E-state index contributed by atoms with van der Waals surface area (Å²) in [6.07, 6.45) is 8.01. The smallest absolute Gasteiger partial charge is 0.217 e. The predicted molar refractivity (Wildman–Crippen MR) is 147 cm³/mol. The summed E-state index contributed by atoms with van der Waals surface area (Å²) in [4.78, 5) is 9.31. The molecule has 0 bridgehead atoms. The van der Waals surface area contributed by atoms with Crippen LogP contribution in [0.5, 0.6) is 17.4 Å². The van der Waals surface area contributed by atoms with Gasteiger partial charge in [-0.1, -0.05) is 55.1 Å². The van der Waals surface area contributed by atoms with E-state index in [-0.39, 0.29) is 26.8 Å². The molecule has 6 heteroatoms. The normalized spacial score (nSPS) is 14.1. The zero-order chi connectivity index (χ0) is 24.8. The van der Waals surface area contributed by atoms with E-state index in [4.69, 9.17) is 9.72 Å². The monoisotopic (exact) mass is 679 g/mol. The van der Waals surface area contributed by atoms with E-state index in [2.05, 4.69) is 39.9 Å². The van der Waals surface area contributed by atoms with Gasteiger partial charge in [0.25, 0.3) is 0 Å². The van der Waals surface area contributed by atoms with Gasteiger partial charge in [0.2, 0.25) is 5.88 Å².